The lowest BCUT2D eigenvalue weighted by atomic mass is 10.2. The number of furan rings is 1. The molecule has 1 aliphatic heterocycles. The lowest BCUT2D eigenvalue weighted by Gasteiger charge is -2.34. The maximum atomic E-state index is 12.9. The number of aromatic nitrogens is 3. The first-order valence-electron chi connectivity index (χ1n) is 9.66. The van der Waals surface area contributed by atoms with Crippen LogP contribution in [0.5, 0.6) is 0 Å². The first-order valence-corrected chi connectivity index (χ1v) is 9.66. The quantitative estimate of drug-likeness (QED) is 0.734. The van der Waals surface area contributed by atoms with Gasteiger partial charge in [0, 0.05) is 44.7 Å². The van der Waals surface area contributed by atoms with Crippen molar-refractivity contribution >= 4 is 11.9 Å². The average molecular weight is 372 g/mol. The molecule has 1 saturated heterocycles. The SMILES string of the molecule is CCc1oc(C(=O)N2CCN(c3ncncn3)CC2)cc1CN(CC)CC. The number of hydrogen-bond acceptors (Lipinski definition) is 7. The molecular formula is C19H28N6O2. The van der Waals surface area contributed by atoms with E-state index in [1.807, 2.05) is 11.0 Å². The van der Waals surface area contributed by atoms with Crippen LogP contribution in [0.3, 0.4) is 0 Å². The zero-order valence-electron chi connectivity index (χ0n) is 16.4. The van der Waals surface area contributed by atoms with Crippen LogP contribution in [0.2, 0.25) is 0 Å². The minimum Gasteiger partial charge on any atom is -0.456 e. The van der Waals surface area contributed by atoms with E-state index >= 15 is 0 Å². The van der Waals surface area contributed by atoms with Gasteiger partial charge in [-0.1, -0.05) is 20.8 Å². The fraction of sp³-hybridized carbons (Fsp3) is 0.579. The highest BCUT2D eigenvalue weighted by Gasteiger charge is 2.26. The Labute approximate surface area is 160 Å². The summed E-state index contributed by atoms with van der Waals surface area (Å²) in [6, 6.07) is 1.93. The smallest absolute Gasteiger partial charge is 0.289 e. The molecule has 0 aliphatic carbocycles. The molecule has 0 atom stereocenters. The molecule has 27 heavy (non-hydrogen) atoms. The van der Waals surface area contributed by atoms with Crippen LogP contribution in [0.25, 0.3) is 0 Å². The Morgan fingerprint density at radius 3 is 2.37 bits per heavy atom. The second-order valence-electron chi connectivity index (χ2n) is 6.59. The van der Waals surface area contributed by atoms with Crippen molar-refractivity contribution in [2.24, 2.45) is 0 Å². The van der Waals surface area contributed by atoms with Crippen molar-refractivity contribution in [3.05, 3.63) is 35.8 Å². The number of nitrogens with zero attached hydrogens (tertiary/aromatic N) is 6. The Kier molecular flexibility index (Phi) is 6.39. The summed E-state index contributed by atoms with van der Waals surface area (Å²) < 4.78 is 5.92. The van der Waals surface area contributed by atoms with Crippen LogP contribution in [0.4, 0.5) is 5.95 Å². The molecule has 146 valence electrons. The maximum Gasteiger partial charge on any atom is 0.289 e. The van der Waals surface area contributed by atoms with Crippen molar-refractivity contribution in [1.29, 1.82) is 0 Å². The summed E-state index contributed by atoms with van der Waals surface area (Å²) in [7, 11) is 0. The molecular weight excluding hydrogens is 344 g/mol. The monoisotopic (exact) mass is 372 g/mol. The van der Waals surface area contributed by atoms with Crippen molar-refractivity contribution < 1.29 is 9.21 Å². The van der Waals surface area contributed by atoms with Gasteiger partial charge in [-0.05, 0) is 19.2 Å². The van der Waals surface area contributed by atoms with Crippen molar-refractivity contribution in [1.82, 2.24) is 24.8 Å². The molecule has 0 bridgehead atoms. The normalized spacial score (nSPS) is 14.8. The predicted octanol–water partition coefficient (Wildman–Crippen LogP) is 1.83. The van der Waals surface area contributed by atoms with Crippen LogP contribution in [-0.4, -0.2) is 69.9 Å². The van der Waals surface area contributed by atoms with Crippen LogP contribution >= 0.6 is 0 Å². The van der Waals surface area contributed by atoms with Gasteiger partial charge in [0.15, 0.2) is 5.76 Å². The summed E-state index contributed by atoms with van der Waals surface area (Å²) in [4.78, 5) is 31.3. The van der Waals surface area contributed by atoms with Crippen molar-refractivity contribution in [3.63, 3.8) is 0 Å². The topological polar surface area (TPSA) is 78.6 Å². The summed E-state index contributed by atoms with van der Waals surface area (Å²) in [6.45, 7) is 11.8. The molecule has 0 unspecified atom stereocenters. The van der Waals surface area contributed by atoms with Gasteiger partial charge >= 0.3 is 0 Å². The van der Waals surface area contributed by atoms with Gasteiger partial charge in [0.25, 0.3) is 5.91 Å². The van der Waals surface area contributed by atoms with E-state index in [1.165, 1.54) is 12.7 Å². The number of piperazine rings is 1. The molecule has 1 amide bonds. The van der Waals surface area contributed by atoms with E-state index in [9.17, 15) is 4.79 Å². The fourth-order valence-corrected chi connectivity index (χ4v) is 3.35. The number of carbonyl (C=O) groups is 1. The Hall–Kier alpha value is -2.48. The fourth-order valence-electron chi connectivity index (χ4n) is 3.35. The van der Waals surface area contributed by atoms with E-state index in [0.29, 0.717) is 37.9 Å². The van der Waals surface area contributed by atoms with E-state index in [2.05, 4.69) is 45.5 Å². The highest BCUT2D eigenvalue weighted by Crippen LogP contribution is 2.21. The standard InChI is InChI=1S/C19H28N6O2/c1-4-16-15(12-23(5-2)6-3)11-17(27-16)18(26)24-7-9-25(10-8-24)19-21-13-20-14-22-19/h11,13-14H,4-10,12H2,1-3H3. The van der Waals surface area contributed by atoms with E-state index < -0.39 is 0 Å². The summed E-state index contributed by atoms with van der Waals surface area (Å²) in [6.07, 6.45) is 3.77. The van der Waals surface area contributed by atoms with Gasteiger partial charge in [-0.25, -0.2) is 15.0 Å². The zero-order valence-corrected chi connectivity index (χ0v) is 16.4. The molecule has 3 rings (SSSR count). The second kappa shape index (κ2) is 8.94. The molecule has 1 aliphatic rings. The third kappa shape index (κ3) is 4.44. The summed E-state index contributed by atoms with van der Waals surface area (Å²) >= 11 is 0. The van der Waals surface area contributed by atoms with Crippen LogP contribution in [0.1, 0.15) is 42.6 Å². The van der Waals surface area contributed by atoms with Gasteiger partial charge in [-0.2, -0.15) is 0 Å². The molecule has 8 heteroatoms. The van der Waals surface area contributed by atoms with Crippen molar-refractivity contribution in [2.75, 3.05) is 44.2 Å². The van der Waals surface area contributed by atoms with E-state index in [-0.39, 0.29) is 5.91 Å². The molecule has 2 aromatic heterocycles. The summed E-state index contributed by atoms with van der Waals surface area (Å²) in [5.74, 6) is 1.98. The number of amides is 1. The Morgan fingerprint density at radius 2 is 1.78 bits per heavy atom. The highest BCUT2D eigenvalue weighted by atomic mass is 16.4. The van der Waals surface area contributed by atoms with Crippen LogP contribution < -0.4 is 4.90 Å². The average Bonchev–Trinajstić information content (AvgIpc) is 3.15. The zero-order chi connectivity index (χ0) is 19.2. The van der Waals surface area contributed by atoms with E-state index in [4.69, 9.17) is 4.42 Å². The molecule has 0 N–H and O–H groups in total. The predicted molar refractivity (Wildman–Crippen MR) is 103 cm³/mol. The van der Waals surface area contributed by atoms with Gasteiger partial charge < -0.3 is 14.2 Å². The molecule has 1 fully saturated rings. The molecule has 3 heterocycles. The Balaban J connectivity index is 1.65. The number of hydrogen-bond donors (Lipinski definition) is 0. The lowest BCUT2D eigenvalue weighted by molar-refractivity contribution is 0.0712. The maximum absolute atomic E-state index is 12.9. The highest BCUT2D eigenvalue weighted by molar-refractivity contribution is 5.92. The minimum atomic E-state index is -0.0363. The molecule has 0 aromatic carbocycles. The first-order chi connectivity index (χ1) is 13.2. The second-order valence-corrected chi connectivity index (χ2v) is 6.59. The van der Waals surface area contributed by atoms with E-state index in [1.54, 1.807) is 0 Å². The van der Waals surface area contributed by atoms with Crippen LogP contribution in [-0.2, 0) is 13.0 Å². The molecule has 8 nitrogen and oxygen atoms in total. The van der Waals surface area contributed by atoms with Gasteiger partial charge in [0.05, 0.1) is 0 Å². The number of carbonyl (C=O) groups excluding carboxylic acids is 1. The third-order valence-electron chi connectivity index (χ3n) is 5.05. The first kappa shape index (κ1) is 19.3. The van der Waals surface area contributed by atoms with Gasteiger partial charge in [0.2, 0.25) is 5.95 Å². The van der Waals surface area contributed by atoms with Crippen molar-refractivity contribution in [2.45, 2.75) is 33.7 Å². The van der Waals surface area contributed by atoms with E-state index in [0.717, 1.165) is 37.4 Å². The summed E-state index contributed by atoms with van der Waals surface area (Å²) in [5.41, 5.74) is 1.12. The van der Waals surface area contributed by atoms with Gasteiger partial charge in [0.1, 0.15) is 18.4 Å². The Morgan fingerprint density at radius 1 is 1.11 bits per heavy atom. The number of aryl methyl sites for hydroxylation is 1. The number of anilines is 1. The van der Waals surface area contributed by atoms with Crippen molar-refractivity contribution in [3.8, 4) is 0 Å². The van der Waals surface area contributed by atoms with Crippen LogP contribution in [0.15, 0.2) is 23.1 Å². The molecule has 0 saturated carbocycles. The van der Waals surface area contributed by atoms with Gasteiger partial charge in [-0.3, -0.25) is 9.69 Å². The van der Waals surface area contributed by atoms with Gasteiger partial charge in [-0.15, -0.1) is 0 Å². The number of rotatable bonds is 7. The lowest BCUT2D eigenvalue weighted by Crippen LogP contribution is -2.49. The molecule has 0 radical (unpaired) electrons. The Bertz CT molecular complexity index is 736. The largest absolute Gasteiger partial charge is 0.456 e. The van der Waals surface area contributed by atoms with Crippen LogP contribution in [0, 0.1) is 0 Å². The summed E-state index contributed by atoms with van der Waals surface area (Å²) in [5, 5.41) is 0. The molecule has 0 spiro atoms. The molecule has 2 aromatic rings. The third-order valence-corrected chi connectivity index (χ3v) is 5.05. The minimum absolute atomic E-state index is 0.0363.